The van der Waals surface area contributed by atoms with Crippen molar-refractivity contribution >= 4 is 6.09 Å². The Bertz CT molecular complexity index is 714. The molecule has 1 amide bonds. The van der Waals surface area contributed by atoms with Crippen LogP contribution in [0.2, 0.25) is 0 Å². The van der Waals surface area contributed by atoms with Gasteiger partial charge in [0.05, 0.1) is 17.7 Å². The van der Waals surface area contributed by atoms with E-state index in [1.165, 1.54) is 5.57 Å². The second kappa shape index (κ2) is 6.22. The van der Waals surface area contributed by atoms with E-state index in [2.05, 4.69) is 12.6 Å². The summed E-state index contributed by atoms with van der Waals surface area (Å²) in [5, 5.41) is 9.02. The van der Waals surface area contributed by atoms with Crippen LogP contribution in [0.5, 0.6) is 0 Å². The molecule has 1 saturated carbocycles. The number of hydrogen-bond donors (Lipinski definition) is 0. The fourth-order valence-electron chi connectivity index (χ4n) is 4.08. The number of carbonyl (C=O) groups is 1. The standard InChI is InChI=1S/C21H26N2O2/c1-15-11-21(12-15)9-10-23(19(24)25-20(2,3)4)18(13-21)17-7-5-16(14-22)6-8-17/h5-8,18H,1,9-13H2,2-4H3/t18-/m0/s1. The van der Waals surface area contributed by atoms with Gasteiger partial charge in [-0.25, -0.2) is 4.79 Å². The molecule has 2 aliphatic rings. The molecule has 1 aromatic rings. The van der Waals surface area contributed by atoms with Crippen LogP contribution in [0.3, 0.4) is 0 Å². The van der Waals surface area contributed by atoms with Crippen molar-refractivity contribution in [1.29, 1.82) is 5.26 Å². The van der Waals surface area contributed by atoms with Gasteiger partial charge in [-0.3, -0.25) is 0 Å². The highest BCUT2D eigenvalue weighted by Crippen LogP contribution is 2.56. The fraction of sp³-hybridized carbons (Fsp3) is 0.524. The van der Waals surface area contributed by atoms with E-state index in [0.717, 1.165) is 31.2 Å². The van der Waals surface area contributed by atoms with E-state index in [0.29, 0.717) is 12.1 Å². The molecule has 1 heterocycles. The minimum Gasteiger partial charge on any atom is -0.444 e. The molecule has 0 unspecified atom stereocenters. The van der Waals surface area contributed by atoms with Gasteiger partial charge in [0.2, 0.25) is 0 Å². The zero-order valence-electron chi connectivity index (χ0n) is 15.3. The van der Waals surface area contributed by atoms with Gasteiger partial charge in [-0.15, -0.1) is 0 Å². The number of benzene rings is 1. The van der Waals surface area contributed by atoms with E-state index in [4.69, 9.17) is 10.00 Å². The Hall–Kier alpha value is -2.28. The number of allylic oxidation sites excluding steroid dienone is 1. The fourth-order valence-corrected chi connectivity index (χ4v) is 4.08. The summed E-state index contributed by atoms with van der Waals surface area (Å²) in [4.78, 5) is 14.6. The van der Waals surface area contributed by atoms with E-state index < -0.39 is 5.60 Å². The molecule has 132 valence electrons. The van der Waals surface area contributed by atoms with Crippen LogP contribution in [-0.4, -0.2) is 23.1 Å². The van der Waals surface area contributed by atoms with E-state index in [-0.39, 0.29) is 17.6 Å². The first-order chi connectivity index (χ1) is 11.7. The average Bonchev–Trinajstić information content (AvgIpc) is 2.52. The lowest BCUT2D eigenvalue weighted by Crippen LogP contribution is -2.49. The van der Waals surface area contributed by atoms with Gasteiger partial charge in [-0.05, 0) is 69.6 Å². The van der Waals surface area contributed by atoms with Gasteiger partial charge < -0.3 is 9.64 Å². The first-order valence-electron chi connectivity index (χ1n) is 8.88. The van der Waals surface area contributed by atoms with Gasteiger partial charge in [0.1, 0.15) is 5.60 Å². The van der Waals surface area contributed by atoms with Crippen molar-refractivity contribution in [2.45, 2.75) is 58.1 Å². The Balaban J connectivity index is 1.86. The summed E-state index contributed by atoms with van der Waals surface area (Å²) in [6, 6.07) is 9.72. The van der Waals surface area contributed by atoms with E-state index in [1.807, 2.05) is 49.9 Å². The molecule has 1 aliphatic heterocycles. The first-order valence-corrected chi connectivity index (χ1v) is 8.88. The van der Waals surface area contributed by atoms with Crippen LogP contribution in [-0.2, 0) is 4.74 Å². The van der Waals surface area contributed by atoms with Crippen LogP contribution in [0.25, 0.3) is 0 Å². The van der Waals surface area contributed by atoms with Crippen molar-refractivity contribution in [1.82, 2.24) is 4.90 Å². The maximum atomic E-state index is 12.7. The zero-order chi connectivity index (χ0) is 18.2. The molecule has 0 N–H and O–H groups in total. The maximum absolute atomic E-state index is 12.7. The highest BCUT2D eigenvalue weighted by atomic mass is 16.6. The summed E-state index contributed by atoms with van der Waals surface area (Å²) in [6.45, 7) is 10.5. The second-order valence-electron chi connectivity index (χ2n) is 8.48. The highest BCUT2D eigenvalue weighted by molar-refractivity contribution is 5.69. The number of ether oxygens (including phenoxy) is 1. The van der Waals surface area contributed by atoms with Gasteiger partial charge in [0.25, 0.3) is 0 Å². The van der Waals surface area contributed by atoms with Crippen molar-refractivity contribution in [2.24, 2.45) is 5.41 Å². The van der Waals surface area contributed by atoms with Crippen molar-refractivity contribution in [2.75, 3.05) is 6.54 Å². The molecule has 1 atom stereocenters. The van der Waals surface area contributed by atoms with Crippen LogP contribution in [0, 0.1) is 16.7 Å². The summed E-state index contributed by atoms with van der Waals surface area (Å²) < 4.78 is 5.63. The topological polar surface area (TPSA) is 53.3 Å². The third-order valence-corrected chi connectivity index (χ3v) is 5.19. The molecular formula is C21H26N2O2. The third-order valence-electron chi connectivity index (χ3n) is 5.19. The van der Waals surface area contributed by atoms with Crippen LogP contribution in [0.4, 0.5) is 4.79 Å². The van der Waals surface area contributed by atoms with Gasteiger partial charge in [-0.1, -0.05) is 24.3 Å². The van der Waals surface area contributed by atoms with Crippen molar-refractivity contribution in [3.63, 3.8) is 0 Å². The molecule has 1 spiro atoms. The largest absolute Gasteiger partial charge is 0.444 e. The summed E-state index contributed by atoms with van der Waals surface area (Å²) >= 11 is 0. The summed E-state index contributed by atoms with van der Waals surface area (Å²) in [6.07, 6.45) is 3.79. The molecule has 1 saturated heterocycles. The summed E-state index contributed by atoms with van der Waals surface area (Å²) in [7, 11) is 0. The molecule has 3 rings (SSSR count). The second-order valence-corrected chi connectivity index (χ2v) is 8.48. The molecule has 2 fully saturated rings. The number of nitriles is 1. The molecule has 25 heavy (non-hydrogen) atoms. The van der Waals surface area contributed by atoms with Crippen LogP contribution in [0.15, 0.2) is 36.4 Å². The molecule has 0 bridgehead atoms. The Morgan fingerprint density at radius 2 is 1.96 bits per heavy atom. The summed E-state index contributed by atoms with van der Waals surface area (Å²) in [5.41, 5.74) is 2.78. The van der Waals surface area contributed by atoms with Gasteiger partial charge in [0, 0.05) is 6.54 Å². The molecule has 4 heteroatoms. The Kier molecular flexibility index (Phi) is 4.36. The molecule has 0 aromatic heterocycles. The minimum absolute atomic E-state index is 0.00978. The molecule has 4 nitrogen and oxygen atoms in total. The van der Waals surface area contributed by atoms with E-state index in [1.54, 1.807) is 0 Å². The number of amides is 1. The van der Waals surface area contributed by atoms with Gasteiger partial charge >= 0.3 is 6.09 Å². The highest BCUT2D eigenvalue weighted by Gasteiger charge is 2.47. The SMILES string of the molecule is C=C1CC2(CCN(C(=O)OC(C)(C)C)[C@H](c3ccc(C#N)cc3)C2)C1. The maximum Gasteiger partial charge on any atom is 0.410 e. The van der Waals surface area contributed by atoms with E-state index >= 15 is 0 Å². The van der Waals surface area contributed by atoms with E-state index in [9.17, 15) is 4.79 Å². The number of rotatable bonds is 1. The van der Waals surface area contributed by atoms with Gasteiger partial charge in [0.15, 0.2) is 0 Å². The zero-order valence-corrected chi connectivity index (χ0v) is 15.3. The Morgan fingerprint density at radius 3 is 2.48 bits per heavy atom. The first kappa shape index (κ1) is 17.5. The molecular weight excluding hydrogens is 312 g/mol. The van der Waals surface area contributed by atoms with Crippen LogP contribution >= 0.6 is 0 Å². The minimum atomic E-state index is -0.508. The number of carbonyl (C=O) groups excluding carboxylic acids is 1. The lowest BCUT2D eigenvalue weighted by Gasteiger charge is -2.52. The molecule has 0 radical (unpaired) electrons. The number of likely N-dealkylation sites (tertiary alicyclic amines) is 1. The van der Waals surface area contributed by atoms with Crippen molar-refractivity contribution in [3.8, 4) is 6.07 Å². The van der Waals surface area contributed by atoms with Crippen molar-refractivity contribution in [3.05, 3.63) is 47.5 Å². The quantitative estimate of drug-likeness (QED) is 0.680. The normalized spacial score (nSPS) is 22.2. The van der Waals surface area contributed by atoms with Gasteiger partial charge in [-0.2, -0.15) is 5.26 Å². The molecule has 1 aromatic carbocycles. The Labute approximate surface area is 150 Å². The van der Waals surface area contributed by atoms with Crippen molar-refractivity contribution < 1.29 is 9.53 Å². The number of hydrogen-bond acceptors (Lipinski definition) is 3. The number of piperidine rings is 1. The van der Waals surface area contributed by atoms with Crippen LogP contribution < -0.4 is 0 Å². The van der Waals surface area contributed by atoms with Crippen LogP contribution in [0.1, 0.15) is 63.6 Å². The molecule has 1 aliphatic carbocycles. The predicted octanol–water partition coefficient (Wildman–Crippen LogP) is 4.97. The monoisotopic (exact) mass is 338 g/mol. The predicted molar refractivity (Wildman–Crippen MR) is 96.9 cm³/mol. The lowest BCUT2D eigenvalue weighted by atomic mass is 9.59. The lowest BCUT2D eigenvalue weighted by molar-refractivity contribution is -0.0175. The average molecular weight is 338 g/mol. The third kappa shape index (κ3) is 3.71. The number of nitrogens with zero attached hydrogens (tertiary/aromatic N) is 2. The smallest absolute Gasteiger partial charge is 0.410 e. The Morgan fingerprint density at radius 1 is 1.32 bits per heavy atom. The summed E-state index contributed by atoms with van der Waals surface area (Å²) in [5.74, 6) is 0.